The van der Waals surface area contributed by atoms with Crippen molar-refractivity contribution in [2.45, 2.75) is 65.3 Å². The van der Waals surface area contributed by atoms with Crippen LogP contribution in [-0.4, -0.2) is 37.1 Å². The molecule has 2 heterocycles. The van der Waals surface area contributed by atoms with Gasteiger partial charge >= 0.3 is 0 Å². The van der Waals surface area contributed by atoms with Crippen molar-refractivity contribution in [2.24, 2.45) is 5.92 Å². The molecule has 1 amide bonds. The molecule has 2 aromatic carbocycles. The highest BCUT2D eigenvalue weighted by Gasteiger charge is 2.35. The highest BCUT2D eigenvalue weighted by atomic mass is 16.5. The number of methoxy groups -OCH3 is 1. The number of benzene rings is 2. The van der Waals surface area contributed by atoms with Crippen LogP contribution < -0.4 is 9.47 Å². The van der Waals surface area contributed by atoms with E-state index >= 15 is 0 Å². The van der Waals surface area contributed by atoms with Crippen LogP contribution in [0.3, 0.4) is 0 Å². The molecular formula is C31H37NO4. The van der Waals surface area contributed by atoms with E-state index in [9.17, 15) is 4.79 Å². The van der Waals surface area contributed by atoms with Crippen LogP contribution >= 0.6 is 0 Å². The van der Waals surface area contributed by atoms with Crippen LogP contribution in [0.5, 0.6) is 11.5 Å². The molecular weight excluding hydrogens is 450 g/mol. The van der Waals surface area contributed by atoms with Gasteiger partial charge in [-0.25, -0.2) is 0 Å². The van der Waals surface area contributed by atoms with Crippen molar-refractivity contribution < 1.29 is 18.7 Å². The van der Waals surface area contributed by atoms with E-state index in [1.807, 2.05) is 45.0 Å². The van der Waals surface area contributed by atoms with Crippen molar-refractivity contribution in [1.82, 2.24) is 4.90 Å². The Morgan fingerprint density at radius 2 is 1.97 bits per heavy atom. The first-order chi connectivity index (χ1) is 17.5. The molecule has 0 N–H and O–H groups in total. The van der Waals surface area contributed by atoms with E-state index in [0.29, 0.717) is 18.6 Å². The van der Waals surface area contributed by atoms with Gasteiger partial charge in [0.25, 0.3) is 0 Å². The van der Waals surface area contributed by atoms with Gasteiger partial charge in [0.2, 0.25) is 5.91 Å². The number of carbonyl (C=O) groups is 1. The highest BCUT2D eigenvalue weighted by Crippen LogP contribution is 2.42. The minimum Gasteiger partial charge on any atom is -0.497 e. The first-order valence-corrected chi connectivity index (χ1v) is 13.3. The molecule has 1 aliphatic carbocycles. The fourth-order valence-corrected chi connectivity index (χ4v) is 6.20. The zero-order chi connectivity index (χ0) is 25.2. The standard InChI is InChI=1S/C31H37NO4/c1-5-35-30-21(3)31-26(27(19-36-31)23-11-8-13-24(17-23)34-4)18-25(30)20(2)16-29(33)32-15-9-12-22-10-6-7-14-28(22)32/h8,11,13,16-19,22,28H,5-7,9-10,12,14-15H2,1-4H3/b20-16+. The third-order valence-corrected chi connectivity index (χ3v) is 8.00. The number of furan rings is 1. The number of allylic oxidation sites excluding steroid dienone is 1. The number of aryl methyl sites for hydroxylation is 1. The first kappa shape index (κ1) is 24.5. The minimum atomic E-state index is 0.129. The maximum atomic E-state index is 13.5. The Morgan fingerprint density at radius 3 is 2.78 bits per heavy atom. The predicted octanol–water partition coefficient (Wildman–Crippen LogP) is 7.40. The first-order valence-electron chi connectivity index (χ1n) is 13.3. The molecule has 1 saturated carbocycles. The summed E-state index contributed by atoms with van der Waals surface area (Å²) in [7, 11) is 1.67. The predicted molar refractivity (Wildman–Crippen MR) is 144 cm³/mol. The largest absolute Gasteiger partial charge is 0.497 e. The van der Waals surface area contributed by atoms with Gasteiger partial charge in [-0.05, 0) is 81.7 Å². The average Bonchev–Trinajstić information content (AvgIpc) is 3.34. The van der Waals surface area contributed by atoms with E-state index in [4.69, 9.17) is 13.9 Å². The Bertz CT molecular complexity index is 1290. The van der Waals surface area contributed by atoms with Gasteiger partial charge in [0, 0.05) is 40.7 Å². The van der Waals surface area contributed by atoms with E-state index in [-0.39, 0.29) is 5.91 Å². The lowest BCUT2D eigenvalue weighted by atomic mass is 9.78. The van der Waals surface area contributed by atoms with Crippen molar-refractivity contribution >= 4 is 22.4 Å². The maximum Gasteiger partial charge on any atom is 0.247 e. The van der Waals surface area contributed by atoms with Crippen LogP contribution in [0.4, 0.5) is 0 Å². The van der Waals surface area contributed by atoms with E-state index < -0.39 is 0 Å². The number of fused-ring (bicyclic) bond motifs is 2. The van der Waals surface area contributed by atoms with Crippen molar-refractivity contribution in [2.75, 3.05) is 20.3 Å². The fourth-order valence-electron chi connectivity index (χ4n) is 6.20. The van der Waals surface area contributed by atoms with E-state index in [0.717, 1.165) is 69.7 Å². The zero-order valence-corrected chi connectivity index (χ0v) is 21.9. The van der Waals surface area contributed by atoms with Gasteiger partial charge in [0.05, 0.1) is 20.0 Å². The van der Waals surface area contributed by atoms with Crippen molar-refractivity contribution in [3.8, 4) is 22.6 Å². The number of piperidine rings is 1. The SMILES string of the molecule is CCOc1c(/C(C)=C/C(=O)N2CCCC3CCCCC32)cc2c(-c3cccc(OC)c3)coc2c1C. The second-order valence-electron chi connectivity index (χ2n) is 10.2. The molecule has 0 spiro atoms. The summed E-state index contributed by atoms with van der Waals surface area (Å²) in [6.07, 6.45) is 10.9. The van der Waals surface area contributed by atoms with Crippen LogP contribution in [0.2, 0.25) is 0 Å². The molecule has 1 saturated heterocycles. The van der Waals surface area contributed by atoms with E-state index in [1.165, 1.54) is 25.7 Å². The molecule has 2 aliphatic rings. The quantitative estimate of drug-likeness (QED) is 0.340. The second-order valence-corrected chi connectivity index (χ2v) is 10.2. The van der Waals surface area contributed by atoms with Gasteiger partial charge < -0.3 is 18.8 Å². The van der Waals surface area contributed by atoms with Gasteiger partial charge in [-0.15, -0.1) is 0 Å². The van der Waals surface area contributed by atoms with Crippen LogP contribution in [-0.2, 0) is 4.79 Å². The summed E-state index contributed by atoms with van der Waals surface area (Å²) < 4.78 is 17.6. The van der Waals surface area contributed by atoms with Crippen LogP contribution in [0.25, 0.3) is 27.7 Å². The number of hydrogen-bond acceptors (Lipinski definition) is 4. The molecule has 2 unspecified atom stereocenters. The monoisotopic (exact) mass is 487 g/mol. The summed E-state index contributed by atoms with van der Waals surface area (Å²) in [6, 6.07) is 10.5. The zero-order valence-electron chi connectivity index (χ0n) is 21.9. The van der Waals surface area contributed by atoms with Gasteiger partial charge in [-0.3, -0.25) is 4.79 Å². The maximum absolute atomic E-state index is 13.5. The highest BCUT2D eigenvalue weighted by molar-refractivity contribution is 6.02. The Labute approximate surface area is 214 Å². The summed E-state index contributed by atoms with van der Waals surface area (Å²) in [6.45, 7) is 7.44. The van der Waals surface area contributed by atoms with Crippen LogP contribution in [0, 0.1) is 12.8 Å². The molecule has 5 nitrogen and oxygen atoms in total. The molecule has 2 atom stereocenters. The van der Waals surface area contributed by atoms with Crippen molar-refractivity contribution in [3.63, 3.8) is 0 Å². The summed E-state index contributed by atoms with van der Waals surface area (Å²) in [4.78, 5) is 15.7. The van der Waals surface area contributed by atoms with Crippen molar-refractivity contribution in [3.05, 3.63) is 53.8 Å². The summed E-state index contributed by atoms with van der Waals surface area (Å²) in [5, 5.41) is 1.00. The number of rotatable bonds is 6. The lowest BCUT2D eigenvalue weighted by Crippen LogP contribution is -2.49. The topological polar surface area (TPSA) is 51.9 Å². The summed E-state index contributed by atoms with van der Waals surface area (Å²) >= 11 is 0. The molecule has 0 bridgehead atoms. The molecule has 190 valence electrons. The van der Waals surface area contributed by atoms with E-state index in [1.54, 1.807) is 13.4 Å². The lowest BCUT2D eigenvalue weighted by molar-refractivity contribution is -0.132. The number of ether oxygens (including phenoxy) is 2. The molecule has 36 heavy (non-hydrogen) atoms. The Kier molecular flexibility index (Phi) is 7.08. The van der Waals surface area contributed by atoms with Crippen LogP contribution in [0.15, 0.2) is 47.1 Å². The normalized spacial score (nSPS) is 20.3. The van der Waals surface area contributed by atoms with Crippen molar-refractivity contribution in [1.29, 1.82) is 0 Å². The third-order valence-electron chi connectivity index (χ3n) is 8.00. The number of carbonyl (C=O) groups excluding carboxylic acids is 1. The Hall–Kier alpha value is -3.21. The second kappa shape index (κ2) is 10.4. The molecule has 5 heteroatoms. The summed E-state index contributed by atoms with van der Waals surface area (Å²) in [5.74, 6) is 2.38. The molecule has 1 aromatic heterocycles. The van der Waals surface area contributed by atoms with E-state index in [2.05, 4.69) is 17.0 Å². The number of nitrogens with zero attached hydrogens (tertiary/aromatic N) is 1. The number of amides is 1. The molecule has 2 fully saturated rings. The molecule has 5 rings (SSSR count). The van der Waals surface area contributed by atoms with Gasteiger partial charge in [0.15, 0.2) is 0 Å². The smallest absolute Gasteiger partial charge is 0.247 e. The third kappa shape index (κ3) is 4.52. The fraction of sp³-hybridized carbons (Fsp3) is 0.452. The molecule has 3 aromatic rings. The van der Waals surface area contributed by atoms with Gasteiger partial charge in [0.1, 0.15) is 17.1 Å². The lowest BCUT2D eigenvalue weighted by Gasteiger charge is -2.43. The Morgan fingerprint density at radius 1 is 1.17 bits per heavy atom. The minimum absolute atomic E-state index is 0.129. The number of hydrogen-bond donors (Lipinski definition) is 0. The Balaban J connectivity index is 1.56. The van der Waals surface area contributed by atoms with Crippen LogP contribution in [0.1, 0.15) is 63.5 Å². The molecule has 1 aliphatic heterocycles. The average molecular weight is 488 g/mol. The number of likely N-dealkylation sites (tertiary alicyclic amines) is 1. The van der Waals surface area contributed by atoms with Gasteiger partial charge in [-0.1, -0.05) is 25.0 Å². The van der Waals surface area contributed by atoms with Gasteiger partial charge in [-0.2, -0.15) is 0 Å². The molecule has 0 radical (unpaired) electrons. The summed E-state index contributed by atoms with van der Waals surface area (Å²) in [5.41, 5.74) is 5.64.